The number of hydrogen-bond donors (Lipinski definition) is 0. The molecule has 0 aromatic heterocycles. The van der Waals surface area contributed by atoms with E-state index in [1.54, 1.807) is 25.3 Å². The van der Waals surface area contributed by atoms with Gasteiger partial charge in [0.15, 0.2) is 11.5 Å². The third-order valence-corrected chi connectivity index (χ3v) is 2.75. The second-order valence-electron chi connectivity index (χ2n) is 4.31. The van der Waals surface area contributed by atoms with Crippen LogP contribution in [0, 0.1) is 0 Å². The molecule has 4 heteroatoms. The Labute approximate surface area is 114 Å². The van der Waals surface area contributed by atoms with Crippen LogP contribution in [0.3, 0.4) is 0 Å². The summed E-state index contributed by atoms with van der Waals surface area (Å²) < 4.78 is 16.2. The monoisotopic (exact) mass is 266 g/mol. The topological polar surface area (TPSA) is 44.8 Å². The van der Waals surface area contributed by atoms with Crippen LogP contribution in [0.15, 0.2) is 18.2 Å². The molecular formula is C15H22O4. The highest BCUT2D eigenvalue weighted by Crippen LogP contribution is 2.32. The highest BCUT2D eigenvalue weighted by atomic mass is 16.5. The maximum absolute atomic E-state index is 12.1. The van der Waals surface area contributed by atoms with Crippen molar-refractivity contribution < 1.29 is 19.0 Å². The number of methoxy groups -OCH3 is 1. The summed E-state index contributed by atoms with van der Waals surface area (Å²) in [4.78, 5) is 12.1. The quantitative estimate of drug-likeness (QED) is 0.709. The van der Waals surface area contributed by atoms with E-state index in [1.807, 2.05) is 20.8 Å². The van der Waals surface area contributed by atoms with Crippen LogP contribution in [0.25, 0.3) is 0 Å². The predicted octanol–water partition coefficient (Wildman–Crippen LogP) is 3.44. The third-order valence-electron chi connectivity index (χ3n) is 2.75. The van der Waals surface area contributed by atoms with Crippen molar-refractivity contribution in [3.8, 4) is 11.5 Å². The molecule has 0 N–H and O–H groups in total. The Bertz CT molecular complexity index is 415. The molecule has 0 aliphatic rings. The van der Waals surface area contributed by atoms with Gasteiger partial charge in [0.25, 0.3) is 0 Å². The van der Waals surface area contributed by atoms with E-state index in [0.717, 1.165) is 12.8 Å². The van der Waals surface area contributed by atoms with Gasteiger partial charge in [-0.15, -0.1) is 0 Å². The van der Waals surface area contributed by atoms with Crippen molar-refractivity contribution in [1.29, 1.82) is 0 Å². The van der Waals surface area contributed by atoms with E-state index in [0.29, 0.717) is 23.7 Å². The first-order valence-electron chi connectivity index (χ1n) is 6.64. The van der Waals surface area contributed by atoms with Gasteiger partial charge in [-0.2, -0.15) is 0 Å². The van der Waals surface area contributed by atoms with Crippen molar-refractivity contribution in [1.82, 2.24) is 0 Å². The molecule has 0 aliphatic heterocycles. The van der Waals surface area contributed by atoms with Crippen molar-refractivity contribution in [2.24, 2.45) is 0 Å². The minimum Gasteiger partial charge on any atom is -0.493 e. The Morgan fingerprint density at radius 3 is 2.63 bits per heavy atom. The van der Waals surface area contributed by atoms with Crippen LogP contribution in [-0.4, -0.2) is 25.8 Å². The number of ether oxygens (including phenoxy) is 3. The van der Waals surface area contributed by atoms with Crippen LogP contribution in [0.5, 0.6) is 11.5 Å². The molecule has 106 valence electrons. The van der Waals surface area contributed by atoms with Crippen LogP contribution >= 0.6 is 0 Å². The molecule has 0 fully saturated rings. The first-order valence-corrected chi connectivity index (χ1v) is 6.64. The molecule has 0 aliphatic carbocycles. The number of carbonyl (C=O) groups excluding carboxylic acids is 1. The summed E-state index contributed by atoms with van der Waals surface area (Å²) in [6.07, 6.45) is 1.52. The predicted molar refractivity (Wildman–Crippen MR) is 73.9 cm³/mol. The van der Waals surface area contributed by atoms with Crippen LogP contribution < -0.4 is 9.47 Å². The first kappa shape index (κ1) is 15.3. The largest absolute Gasteiger partial charge is 0.493 e. The fourth-order valence-corrected chi connectivity index (χ4v) is 1.52. The molecule has 0 heterocycles. The fraction of sp³-hybridized carbons (Fsp3) is 0.533. The van der Waals surface area contributed by atoms with E-state index in [9.17, 15) is 4.79 Å². The van der Waals surface area contributed by atoms with E-state index >= 15 is 0 Å². The molecule has 19 heavy (non-hydrogen) atoms. The van der Waals surface area contributed by atoms with Gasteiger partial charge in [0.2, 0.25) is 0 Å². The molecule has 1 aromatic carbocycles. The number of benzene rings is 1. The fourth-order valence-electron chi connectivity index (χ4n) is 1.52. The second kappa shape index (κ2) is 7.67. The summed E-state index contributed by atoms with van der Waals surface area (Å²) in [6.45, 7) is 6.37. The molecule has 0 bridgehead atoms. The number of esters is 1. The third kappa shape index (κ3) is 4.16. The zero-order valence-corrected chi connectivity index (χ0v) is 12.1. The van der Waals surface area contributed by atoms with Gasteiger partial charge in [-0.1, -0.05) is 19.9 Å². The molecule has 1 atom stereocenters. The van der Waals surface area contributed by atoms with Crippen molar-refractivity contribution in [2.75, 3.05) is 13.7 Å². The molecule has 1 unspecified atom stereocenters. The van der Waals surface area contributed by atoms with Gasteiger partial charge in [-0.3, -0.25) is 0 Å². The lowest BCUT2D eigenvalue weighted by molar-refractivity contribution is 0.0329. The van der Waals surface area contributed by atoms with Gasteiger partial charge < -0.3 is 14.2 Å². The van der Waals surface area contributed by atoms with E-state index < -0.39 is 0 Å². The van der Waals surface area contributed by atoms with Crippen LogP contribution in [0.2, 0.25) is 0 Å². The zero-order chi connectivity index (χ0) is 14.3. The summed E-state index contributed by atoms with van der Waals surface area (Å²) in [5, 5.41) is 0. The zero-order valence-electron chi connectivity index (χ0n) is 12.1. The Hall–Kier alpha value is -1.71. The maximum atomic E-state index is 12.1. The van der Waals surface area contributed by atoms with E-state index in [2.05, 4.69) is 0 Å². The normalized spacial score (nSPS) is 11.8. The molecule has 0 saturated carbocycles. The lowest BCUT2D eigenvalue weighted by atomic mass is 10.2. The van der Waals surface area contributed by atoms with Crippen LogP contribution in [0.4, 0.5) is 0 Å². The number of hydrogen-bond acceptors (Lipinski definition) is 4. The van der Waals surface area contributed by atoms with Crippen molar-refractivity contribution in [3.05, 3.63) is 23.8 Å². The van der Waals surface area contributed by atoms with E-state index in [1.165, 1.54) is 0 Å². The SMILES string of the molecule is CCCOc1c(OC)cccc1C(=O)OC(C)CC. The summed E-state index contributed by atoms with van der Waals surface area (Å²) in [5.41, 5.74) is 0.410. The van der Waals surface area contributed by atoms with Gasteiger partial charge in [-0.05, 0) is 31.9 Å². The van der Waals surface area contributed by atoms with Crippen LogP contribution in [0.1, 0.15) is 44.0 Å². The van der Waals surface area contributed by atoms with Gasteiger partial charge >= 0.3 is 5.97 Å². The standard InChI is InChI=1S/C15H22O4/c1-5-10-18-14-12(8-7-9-13(14)17-4)15(16)19-11(3)6-2/h7-9,11H,5-6,10H2,1-4H3. The number of carbonyl (C=O) groups is 1. The van der Waals surface area contributed by atoms with Crippen molar-refractivity contribution >= 4 is 5.97 Å². The van der Waals surface area contributed by atoms with Gasteiger partial charge in [-0.25, -0.2) is 4.79 Å². The van der Waals surface area contributed by atoms with Crippen molar-refractivity contribution in [3.63, 3.8) is 0 Å². The van der Waals surface area contributed by atoms with Gasteiger partial charge in [0.1, 0.15) is 5.56 Å². The highest BCUT2D eigenvalue weighted by molar-refractivity contribution is 5.93. The van der Waals surface area contributed by atoms with Gasteiger partial charge in [0, 0.05) is 0 Å². The molecule has 4 nitrogen and oxygen atoms in total. The smallest absolute Gasteiger partial charge is 0.342 e. The molecule has 0 saturated heterocycles. The molecular weight excluding hydrogens is 244 g/mol. The maximum Gasteiger partial charge on any atom is 0.342 e. The molecule has 0 amide bonds. The summed E-state index contributed by atoms with van der Waals surface area (Å²) in [7, 11) is 1.55. The first-order chi connectivity index (χ1) is 9.13. The Kier molecular flexibility index (Phi) is 6.19. The van der Waals surface area contributed by atoms with Gasteiger partial charge in [0.05, 0.1) is 19.8 Å². The molecule has 1 rings (SSSR count). The highest BCUT2D eigenvalue weighted by Gasteiger charge is 2.19. The Balaban J connectivity index is 3.00. The summed E-state index contributed by atoms with van der Waals surface area (Å²) >= 11 is 0. The van der Waals surface area contributed by atoms with Crippen molar-refractivity contribution in [2.45, 2.75) is 39.7 Å². The van der Waals surface area contributed by atoms with Crippen LogP contribution in [-0.2, 0) is 4.74 Å². The second-order valence-corrected chi connectivity index (χ2v) is 4.31. The minimum atomic E-state index is -0.376. The Morgan fingerprint density at radius 1 is 1.32 bits per heavy atom. The van der Waals surface area contributed by atoms with E-state index in [4.69, 9.17) is 14.2 Å². The average Bonchev–Trinajstić information content (AvgIpc) is 2.44. The minimum absolute atomic E-state index is 0.113. The summed E-state index contributed by atoms with van der Waals surface area (Å²) in [5.74, 6) is 0.631. The summed E-state index contributed by atoms with van der Waals surface area (Å²) in [6, 6.07) is 5.22. The molecule has 1 aromatic rings. The molecule has 0 spiro atoms. The lowest BCUT2D eigenvalue weighted by Gasteiger charge is -2.16. The number of rotatable bonds is 7. The number of para-hydroxylation sites is 1. The molecule has 0 radical (unpaired) electrons. The van der Waals surface area contributed by atoms with E-state index in [-0.39, 0.29) is 12.1 Å². The Morgan fingerprint density at radius 2 is 2.05 bits per heavy atom. The average molecular weight is 266 g/mol. The lowest BCUT2D eigenvalue weighted by Crippen LogP contribution is -2.15.